The minimum Gasteiger partial charge on any atom is -0.396 e. The molecule has 104 valence electrons. The first kappa shape index (κ1) is 12.8. The number of aromatic nitrogens is 3. The van der Waals surface area contributed by atoms with Crippen LogP contribution >= 0.6 is 0 Å². The largest absolute Gasteiger partial charge is 0.396 e. The van der Waals surface area contributed by atoms with E-state index in [-0.39, 0.29) is 17.9 Å². The van der Waals surface area contributed by atoms with E-state index in [2.05, 4.69) is 15.3 Å². The second kappa shape index (κ2) is 5.05. The average molecular weight is 272 g/mol. The summed E-state index contributed by atoms with van der Waals surface area (Å²) in [4.78, 5) is 20.3. The number of carbonyl (C=O) groups is 1. The van der Waals surface area contributed by atoms with Crippen molar-refractivity contribution in [1.29, 1.82) is 0 Å². The summed E-state index contributed by atoms with van der Waals surface area (Å²) in [6.45, 7) is 0.620. The number of hydrogen-bond donors (Lipinski definition) is 2. The van der Waals surface area contributed by atoms with Crippen LogP contribution in [0, 0.1) is 5.41 Å². The molecule has 0 unspecified atom stereocenters. The fraction of sp³-hybridized carbons (Fsp3) is 0.357. The Labute approximate surface area is 116 Å². The van der Waals surface area contributed by atoms with Crippen LogP contribution in [0.2, 0.25) is 0 Å². The fourth-order valence-corrected chi connectivity index (χ4v) is 2.01. The number of pyridine rings is 1. The number of nitrogens with zero attached hydrogens (tertiary/aromatic N) is 3. The van der Waals surface area contributed by atoms with Gasteiger partial charge in [0.2, 0.25) is 0 Å². The molecule has 2 N–H and O–H groups in total. The van der Waals surface area contributed by atoms with Gasteiger partial charge in [0.25, 0.3) is 5.91 Å². The van der Waals surface area contributed by atoms with E-state index >= 15 is 0 Å². The van der Waals surface area contributed by atoms with Crippen LogP contribution in [0.15, 0.2) is 36.9 Å². The van der Waals surface area contributed by atoms with Crippen molar-refractivity contribution in [1.82, 2.24) is 19.9 Å². The number of nitrogens with one attached hydrogen (secondary N) is 1. The maximum atomic E-state index is 12.1. The molecule has 2 heterocycles. The molecule has 2 aromatic rings. The zero-order valence-electron chi connectivity index (χ0n) is 11.0. The van der Waals surface area contributed by atoms with E-state index in [0.717, 1.165) is 12.8 Å². The lowest BCUT2D eigenvalue weighted by Gasteiger charge is -2.12. The smallest absolute Gasteiger partial charge is 0.269 e. The third kappa shape index (κ3) is 2.55. The van der Waals surface area contributed by atoms with Gasteiger partial charge in [0, 0.05) is 24.4 Å². The molecule has 6 heteroatoms. The molecule has 0 saturated heterocycles. The quantitative estimate of drug-likeness (QED) is 0.842. The highest BCUT2D eigenvalue weighted by molar-refractivity contribution is 5.92. The Bertz CT molecular complexity index is 605. The lowest BCUT2D eigenvalue weighted by Crippen LogP contribution is -2.32. The summed E-state index contributed by atoms with van der Waals surface area (Å²) in [5, 5.41) is 12.1. The van der Waals surface area contributed by atoms with Crippen molar-refractivity contribution >= 4 is 5.91 Å². The molecule has 1 aliphatic carbocycles. The summed E-state index contributed by atoms with van der Waals surface area (Å²) < 4.78 is 1.74. The van der Waals surface area contributed by atoms with Gasteiger partial charge >= 0.3 is 0 Å². The predicted molar refractivity (Wildman–Crippen MR) is 72.4 cm³/mol. The molecule has 0 aromatic carbocycles. The SMILES string of the molecule is O=C(NCC1(CO)CC1)c1cccc(-n2ccnc2)n1. The molecule has 1 saturated carbocycles. The molecule has 1 fully saturated rings. The third-order valence-corrected chi connectivity index (χ3v) is 3.65. The van der Waals surface area contributed by atoms with Gasteiger partial charge in [-0.1, -0.05) is 6.07 Å². The first-order valence-electron chi connectivity index (χ1n) is 6.57. The molecule has 0 spiro atoms. The fourth-order valence-electron chi connectivity index (χ4n) is 2.01. The molecular weight excluding hydrogens is 256 g/mol. The van der Waals surface area contributed by atoms with E-state index in [0.29, 0.717) is 18.1 Å². The first-order valence-corrected chi connectivity index (χ1v) is 6.57. The normalized spacial score (nSPS) is 15.8. The number of imidazole rings is 1. The van der Waals surface area contributed by atoms with Crippen LogP contribution in [0.1, 0.15) is 23.3 Å². The summed E-state index contributed by atoms with van der Waals surface area (Å²) in [5.74, 6) is 0.435. The van der Waals surface area contributed by atoms with Crippen LogP contribution < -0.4 is 5.32 Å². The zero-order chi connectivity index (χ0) is 14.0. The molecule has 2 aromatic heterocycles. The second-order valence-electron chi connectivity index (χ2n) is 5.19. The van der Waals surface area contributed by atoms with Gasteiger partial charge in [0.15, 0.2) is 0 Å². The molecule has 0 bridgehead atoms. The number of rotatable bonds is 5. The summed E-state index contributed by atoms with van der Waals surface area (Å²) >= 11 is 0. The van der Waals surface area contributed by atoms with Gasteiger partial charge in [0.1, 0.15) is 17.8 Å². The van der Waals surface area contributed by atoms with E-state index in [1.54, 1.807) is 35.4 Å². The Balaban J connectivity index is 1.70. The van der Waals surface area contributed by atoms with Crippen LogP contribution in [0.4, 0.5) is 0 Å². The van der Waals surface area contributed by atoms with Crippen molar-refractivity contribution in [3.63, 3.8) is 0 Å². The van der Waals surface area contributed by atoms with E-state index in [1.807, 2.05) is 6.07 Å². The van der Waals surface area contributed by atoms with Crippen LogP contribution in [0.5, 0.6) is 0 Å². The number of amides is 1. The third-order valence-electron chi connectivity index (χ3n) is 3.65. The summed E-state index contributed by atoms with van der Waals surface area (Å²) in [6, 6.07) is 5.28. The number of carbonyl (C=O) groups excluding carboxylic acids is 1. The lowest BCUT2D eigenvalue weighted by molar-refractivity contribution is 0.0930. The number of aliphatic hydroxyl groups excluding tert-OH is 1. The second-order valence-corrected chi connectivity index (χ2v) is 5.19. The maximum absolute atomic E-state index is 12.1. The van der Waals surface area contributed by atoms with E-state index < -0.39 is 0 Å². The zero-order valence-corrected chi connectivity index (χ0v) is 11.0. The lowest BCUT2D eigenvalue weighted by atomic mass is 10.1. The van der Waals surface area contributed by atoms with Gasteiger partial charge in [-0.15, -0.1) is 0 Å². The maximum Gasteiger partial charge on any atom is 0.269 e. The van der Waals surface area contributed by atoms with Gasteiger partial charge in [-0.25, -0.2) is 9.97 Å². The molecule has 0 aliphatic heterocycles. The Hall–Kier alpha value is -2.21. The minimum absolute atomic E-state index is 0.0996. The molecular formula is C14H16N4O2. The predicted octanol–water partition coefficient (Wildman–Crippen LogP) is 0.770. The minimum atomic E-state index is -0.216. The first-order chi connectivity index (χ1) is 9.72. The molecule has 0 atom stereocenters. The Morgan fingerprint density at radius 1 is 1.45 bits per heavy atom. The van der Waals surface area contributed by atoms with Crippen molar-refractivity contribution in [2.24, 2.45) is 5.41 Å². The van der Waals surface area contributed by atoms with Crippen LogP contribution in [0.3, 0.4) is 0 Å². The number of hydrogen-bond acceptors (Lipinski definition) is 4. The topological polar surface area (TPSA) is 80.0 Å². The Morgan fingerprint density at radius 3 is 2.95 bits per heavy atom. The van der Waals surface area contributed by atoms with E-state index in [1.165, 1.54) is 0 Å². The van der Waals surface area contributed by atoms with Gasteiger partial charge in [-0.2, -0.15) is 0 Å². The van der Waals surface area contributed by atoms with Crippen LogP contribution in [0.25, 0.3) is 5.82 Å². The summed E-state index contributed by atoms with van der Waals surface area (Å²) in [5.41, 5.74) is 0.266. The highest BCUT2D eigenvalue weighted by Crippen LogP contribution is 2.44. The molecule has 0 radical (unpaired) electrons. The van der Waals surface area contributed by atoms with Crippen molar-refractivity contribution < 1.29 is 9.90 Å². The number of aliphatic hydroxyl groups is 1. The molecule has 1 amide bonds. The monoisotopic (exact) mass is 272 g/mol. The molecule has 3 rings (SSSR count). The van der Waals surface area contributed by atoms with Crippen molar-refractivity contribution in [3.8, 4) is 5.82 Å². The highest BCUT2D eigenvalue weighted by atomic mass is 16.3. The average Bonchev–Trinajstić information content (AvgIpc) is 3.07. The van der Waals surface area contributed by atoms with E-state index in [9.17, 15) is 9.90 Å². The van der Waals surface area contributed by atoms with Gasteiger partial charge in [0.05, 0.1) is 6.61 Å². The summed E-state index contributed by atoms with van der Waals surface area (Å²) in [6.07, 6.45) is 7.00. The van der Waals surface area contributed by atoms with Crippen molar-refractivity contribution in [3.05, 3.63) is 42.6 Å². The van der Waals surface area contributed by atoms with Crippen molar-refractivity contribution in [2.75, 3.05) is 13.2 Å². The molecule has 20 heavy (non-hydrogen) atoms. The Kier molecular flexibility index (Phi) is 3.23. The summed E-state index contributed by atoms with van der Waals surface area (Å²) in [7, 11) is 0. The van der Waals surface area contributed by atoms with Gasteiger partial charge in [-0.05, 0) is 25.0 Å². The Morgan fingerprint density at radius 2 is 2.30 bits per heavy atom. The molecule has 6 nitrogen and oxygen atoms in total. The van der Waals surface area contributed by atoms with Crippen LogP contribution in [-0.4, -0.2) is 38.7 Å². The van der Waals surface area contributed by atoms with Gasteiger partial charge < -0.3 is 10.4 Å². The van der Waals surface area contributed by atoms with Crippen molar-refractivity contribution in [2.45, 2.75) is 12.8 Å². The van der Waals surface area contributed by atoms with Gasteiger partial charge in [-0.3, -0.25) is 9.36 Å². The molecule has 1 aliphatic rings. The van der Waals surface area contributed by atoms with Crippen LogP contribution in [-0.2, 0) is 0 Å². The highest BCUT2D eigenvalue weighted by Gasteiger charge is 2.42. The standard InChI is InChI=1S/C14H16N4O2/c19-9-14(4-5-14)8-16-13(20)11-2-1-3-12(17-11)18-7-6-15-10-18/h1-3,6-7,10,19H,4-5,8-9H2,(H,16,20). The van der Waals surface area contributed by atoms with E-state index in [4.69, 9.17) is 0 Å².